The molecule has 2 N–H and O–H groups in total. The van der Waals surface area contributed by atoms with Crippen LogP contribution in [-0.2, 0) is 4.79 Å². The molecular formula is C26H24ClNO5. The monoisotopic (exact) mass is 465 g/mol. The van der Waals surface area contributed by atoms with Crippen LogP contribution in [0, 0.1) is 5.92 Å². The number of hydrogen-bond acceptors (Lipinski definition) is 4. The maximum absolute atomic E-state index is 13.7. The second-order valence-electron chi connectivity index (χ2n) is 7.99. The normalized spacial score (nSPS) is 20.0. The van der Waals surface area contributed by atoms with Gasteiger partial charge >= 0.3 is 5.97 Å². The fourth-order valence-corrected chi connectivity index (χ4v) is 4.81. The number of carboxylic acid groups (broad SMARTS) is 1. The van der Waals surface area contributed by atoms with Gasteiger partial charge < -0.3 is 19.8 Å². The second kappa shape index (κ2) is 9.65. The molecule has 1 aliphatic rings. The summed E-state index contributed by atoms with van der Waals surface area (Å²) in [5.41, 5.74) is 2.67. The van der Waals surface area contributed by atoms with Crippen LogP contribution < -0.4 is 4.74 Å². The molecule has 0 aliphatic carbocycles. The third-order valence-corrected chi connectivity index (χ3v) is 6.46. The molecule has 4 rings (SSSR count). The van der Waals surface area contributed by atoms with E-state index in [1.54, 1.807) is 42.5 Å². The quantitative estimate of drug-likeness (QED) is 0.552. The Labute approximate surface area is 197 Å². The SMILES string of the molecule is COc1cc(C(=O)N2[C@H](C(=O)O)C[C@H](CO)[C@@H]2c2ccccc2Cl)ccc1-c1ccccc1. The van der Waals surface area contributed by atoms with E-state index in [0.29, 0.717) is 21.9 Å². The van der Waals surface area contributed by atoms with Crippen molar-refractivity contribution in [1.29, 1.82) is 0 Å². The fraction of sp³-hybridized carbons (Fsp3) is 0.231. The number of hydrogen-bond donors (Lipinski definition) is 2. The van der Waals surface area contributed by atoms with Gasteiger partial charge in [-0.05, 0) is 41.8 Å². The Balaban J connectivity index is 1.78. The molecule has 1 saturated heterocycles. The minimum Gasteiger partial charge on any atom is -0.496 e. The number of aliphatic hydroxyl groups excluding tert-OH is 1. The van der Waals surface area contributed by atoms with Gasteiger partial charge in [0.1, 0.15) is 11.8 Å². The van der Waals surface area contributed by atoms with Crippen LogP contribution in [0.3, 0.4) is 0 Å². The van der Waals surface area contributed by atoms with Gasteiger partial charge in [0.25, 0.3) is 5.91 Å². The zero-order chi connectivity index (χ0) is 23.5. The molecule has 0 unspecified atom stereocenters. The highest BCUT2D eigenvalue weighted by molar-refractivity contribution is 6.31. The summed E-state index contributed by atoms with van der Waals surface area (Å²) in [6.45, 7) is -0.264. The van der Waals surface area contributed by atoms with Gasteiger partial charge in [0.2, 0.25) is 0 Å². The van der Waals surface area contributed by atoms with Crippen molar-refractivity contribution in [2.75, 3.05) is 13.7 Å². The number of amides is 1. The topological polar surface area (TPSA) is 87.1 Å². The number of nitrogens with zero attached hydrogens (tertiary/aromatic N) is 1. The maximum Gasteiger partial charge on any atom is 0.326 e. The highest BCUT2D eigenvalue weighted by atomic mass is 35.5. The lowest BCUT2D eigenvalue weighted by molar-refractivity contribution is -0.141. The van der Waals surface area contributed by atoms with Crippen LogP contribution in [0.25, 0.3) is 11.1 Å². The zero-order valence-electron chi connectivity index (χ0n) is 18.0. The third-order valence-electron chi connectivity index (χ3n) is 6.12. The third kappa shape index (κ3) is 4.32. The highest BCUT2D eigenvalue weighted by Crippen LogP contribution is 2.44. The van der Waals surface area contributed by atoms with Crippen molar-refractivity contribution in [3.63, 3.8) is 0 Å². The van der Waals surface area contributed by atoms with Gasteiger partial charge in [-0.15, -0.1) is 0 Å². The Kier molecular flexibility index (Phi) is 6.67. The Morgan fingerprint density at radius 2 is 1.76 bits per heavy atom. The molecule has 1 heterocycles. The van der Waals surface area contributed by atoms with E-state index in [-0.39, 0.29) is 13.0 Å². The van der Waals surface area contributed by atoms with Gasteiger partial charge in [-0.25, -0.2) is 4.79 Å². The molecule has 3 aromatic carbocycles. The lowest BCUT2D eigenvalue weighted by atomic mass is 9.93. The van der Waals surface area contributed by atoms with Gasteiger partial charge in [0.15, 0.2) is 0 Å². The van der Waals surface area contributed by atoms with Gasteiger partial charge in [-0.1, -0.05) is 60.1 Å². The van der Waals surface area contributed by atoms with Crippen LogP contribution in [0.5, 0.6) is 5.75 Å². The van der Waals surface area contributed by atoms with Crippen molar-refractivity contribution in [1.82, 2.24) is 4.90 Å². The first kappa shape index (κ1) is 22.8. The summed E-state index contributed by atoms with van der Waals surface area (Å²) in [5, 5.41) is 20.3. The molecule has 3 aromatic rings. The van der Waals surface area contributed by atoms with E-state index in [4.69, 9.17) is 16.3 Å². The molecule has 1 fully saturated rings. The summed E-state index contributed by atoms with van der Waals surface area (Å²) in [5.74, 6) is -1.53. The number of methoxy groups -OCH3 is 1. The Morgan fingerprint density at radius 3 is 2.39 bits per heavy atom. The molecule has 0 radical (unpaired) electrons. The number of rotatable bonds is 6. The highest BCUT2D eigenvalue weighted by Gasteiger charge is 2.48. The Hall–Kier alpha value is -3.35. The van der Waals surface area contributed by atoms with E-state index < -0.39 is 29.9 Å². The van der Waals surface area contributed by atoms with Crippen LogP contribution in [0.2, 0.25) is 5.02 Å². The molecule has 3 atom stereocenters. The minimum atomic E-state index is -1.12. The summed E-state index contributed by atoms with van der Waals surface area (Å²) < 4.78 is 5.55. The number of ether oxygens (including phenoxy) is 1. The first-order valence-corrected chi connectivity index (χ1v) is 11.0. The van der Waals surface area contributed by atoms with E-state index in [2.05, 4.69) is 0 Å². The fourth-order valence-electron chi connectivity index (χ4n) is 4.56. The summed E-state index contributed by atoms with van der Waals surface area (Å²) in [7, 11) is 1.53. The van der Waals surface area contributed by atoms with E-state index in [0.717, 1.165) is 11.1 Å². The van der Waals surface area contributed by atoms with Crippen LogP contribution in [0.15, 0.2) is 72.8 Å². The average Bonchev–Trinajstić information content (AvgIpc) is 3.24. The zero-order valence-corrected chi connectivity index (χ0v) is 18.8. The molecule has 0 aromatic heterocycles. The molecule has 0 bridgehead atoms. The van der Waals surface area contributed by atoms with Gasteiger partial charge in [-0.3, -0.25) is 4.79 Å². The van der Waals surface area contributed by atoms with Crippen LogP contribution in [-0.4, -0.2) is 46.7 Å². The lowest BCUT2D eigenvalue weighted by Crippen LogP contribution is -2.42. The first-order valence-electron chi connectivity index (χ1n) is 10.6. The Bertz CT molecular complexity index is 1170. The van der Waals surface area contributed by atoms with E-state index in [1.807, 2.05) is 30.3 Å². The summed E-state index contributed by atoms with van der Waals surface area (Å²) in [4.78, 5) is 27.2. The van der Waals surface area contributed by atoms with E-state index >= 15 is 0 Å². The molecule has 33 heavy (non-hydrogen) atoms. The number of carboxylic acids is 1. The number of aliphatic hydroxyl groups is 1. The molecule has 170 valence electrons. The first-order chi connectivity index (χ1) is 16.0. The lowest BCUT2D eigenvalue weighted by Gasteiger charge is -2.31. The van der Waals surface area contributed by atoms with Crippen molar-refractivity contribution >= 4 is 23.5 Å². The summed E-state index contributed by atoms with van der Waals surface area (Å²) in [6, 6.07) is 20.0. The van der Waals surface area contributed by atoms with Crippen molar-refractivity contribution in [3.8, 4) is 16.9 Å². The van der Waals surface area contributed by atoms with Crippen LogP contribution in [0.1, 0.15) is 28.4 Å². The summed E-state index contributed by atoms with van der Waals surface area (Å²) in [6.07, 6.45) is 0.132. The van der Waals surface area contributed by atoms with Crippen LogP contribution >= 0.6 is 11.6 Å². The molecule has 6 nitrogen and oxygen atoms in total. The van der Waals surface area contributed by atoms with Crippen molar-refractivity contribution in [2.24, 2.45) is 5.92 Å². The maximum atomic E-state index is 13.7. The molecule has 1 amide bonds. The number of likely N-dealkylation sites (tertiary alicyclic amines) is 1. The molecular weight excluding hydrogens is 442 g/mol. The predicted octanol–water partition coefficient (Wildman–Crippen LogP) is 4.66. The van der Waals surface area contributed by atoms with Crippen molar-refractivity contribution in [2.45, 2.75) is 18.5 Å². The predicted molar refractivity (Wildman–Crippen MR) is 125 cm³/mol. The Morgan fingerprint density at radius 1 is 1.06 bits per heavy atom. The number of benzene rings is 3. The number of aliphatic carboxylic acids is 1. The van der Waals surface area contributed by atoms with Gasteiger partial charge in [0, 0.05) is 28.7 Å². The largest absolute Gasteiger partial charge is 0.496 e. The van der Waals surface area contributed by atoms with Gasteiger partial charge in [-0.2, -0.15) is 0 Å². The second-order valence-corrected chi connectivity index (χ2v) is 8.40. The van der Waals surface area contributed by atoms with E-state index in [9.17, 15) is 19.8 Å². The molecule has 0 spiro atoms. The molecule has 1 aliphatic heterocycles. The smallest absolute Gasteiger partial charge is 0.326 e. The van der Waals surface area contributed by atoms with Crippen molar-refractivity contribution < 1.29 is 24.5 Å². The molecule has 7 heteroatoms. The van der Waals surface area contributed by atoms with E-state index in [1.165, 1.54) is 12.0 Å². The van der Waals surface area contributed by atoms with Crippen LogP contribution in [0.4, 0.5) is 0 Å². The average molecular weight is 466 g/mol. The number of halogens is 1. The standard InChI is InChI=1S/C26H24ClNO5/c1-33-23-14-17(11-12-19(23)16-7-3-2-4-8-16)25(30)28-22(26(31)32)13-18(15-29)24(28)20-9-5-6-10-21(20)27/h2-12,14,18,22,24,29H,13,15H2,1H3,(H,31,32)/t18-,22+,24-/m1/s1. The molecule has 0 saturated carbocycles. The minimum absolute atomic E-state index is 0.132. The summed E-state index contributed by atoms with van der Waals surface area (Å²) >= 11 is 6.42. The number of carbonyl (C=O) groups excluding carboxylic acids is 1. The van der Waals surface area contributed by atoms with Crippen molar-refractivity contribution in [3.05, 3.63) is 88.9 Å². The van der Waals surface area contributed by atoms with Gasteiger partial charge in [0.05, 0.1) is 13.2 Å². The number of carbonyl (C=O) groups is 2.